The summed E-state index contributed by atoms with van der Waals surface area (Å²) in [6.45, 7) is 0.207. The van der Waals surface area contributed by atoms with Crippen molar-refractivity contribution in [2.45, 2.75) is 5.92 Å². The van der Waals surface area contributed by atoms with Gasteiger partial charge in [0.15, 0.2) is 0 Å². The van der Waals surface area contributed by atoms with Crippen LogP contribution in [0.3, 0.4) is 0 Å². The summed E-state index contributed by atoms with van der Waals surface area (Å²) < 4.78 is 5.45. The zero-order chi connectivity index (χ0) is 18.8. The molecule has 134 valence electrons. The number of hydrogen-bond donors (Lipinski definition) is 2. The Kier molecular flexibility index (Phi) is 4.34. The van der Waals surface area contributed by atoms with Gasteiger partial charge in [-0.05, 0) is 40.5 Å². The molecule has 0 saturated carbocycles. The molecule has 1 amide bonds. The second-order valence-electron chi connectivity index (χ2n) is 6.34. The molecule has 0 unspecified atom stereocenters. The van der Waals surface area contributed by atoms with Gasteiger partial charge in [0, 0.05) is 11.6 Å². The Bertz CT molecular complexity index is 983. The van der Waals surface area contributed by atoms with Crippen molar-refractivity contribution < 1.29 is 19.4 Å². The molecule has 0 aromatic heterocycles. The predicted molar refractivity (Wildman–Crippen MR) is 102 cm³/mol. The normalized spacial score (nSPS) is 12.1. The largest absolute Gasteiger partial charge is 0.478 e. The molecular formula is C22H17NO4. The van der Waals surface area contributed by atoms with E-state index < -0.39 is 12.1 Å². The lowest BCUT2D eigenvalue weighted by molar-refractivity contribution is 0.0696. The first-order valence-electron chi connectivity index (χ1n) is 8.59. The van der Waals surface area contributed by atoms with Crippen LogP contribution in [-0.2, 0) is 4.74 Å². The first-order chi connectivity index (χ1) is 13.1. The molecule has 0 spiro atoms. The van der Waals surface area contributed by atoms with Gasteiger partial charge in [-0.15, -0.1) is 0 Å². The van der Waals surface area contributed by atoms with E-state index >= 15 is 0 Å². The molecule has 2 N–H and O–H groups in total. The maximum absolute atomic E-state index is 12.2. The number of carboxylic acid groups (broad SMARTS) is 1. The first kappa shape index (κ1) is 16.8. The van der Waals surface area contributed by atoms with Gasteiger partial charge < -0.3 is 9.84 Å². The summed E-state index contributed by atoms with van der Waals surface area (Å²) in [6, 6.07) is 22.3. The molecule has 5 heteroatoms. The Balaban J connectivity index is 1.48. The van der Waals surface area contributed by atoms with Crippen molar-refractivity contribution in [1.29, 1.82) is 0 Å². The maximum atomic E-state index is 12.2. The van der Waals surface area contributed by atoms with Gasteiger partial charge in [-0.2, -0.15) is 0 Å². The molecule has 0 fully saturated rings. The standard InChI is InChI=1S/C22H17NO4/c24-21(25)14-6-5-7-15(12-14)23-22(26)27-13-20-18-10-3-1-8-16(18)17-9-2-4-11-19(17)20/h1-12,20H,13H2,(H,23,26)(H,24,25). The fourth-order valence-corrected chi connectivity index (χ4v) is 3.48. The molecule has 0 aliphatic heterocycles. The van der Waals surface area contributed by atoms with Crippen LogP contribution in [0.15, 0.2) is 72.8 Å². The number of ether oxygens (including phenoxy) is 1. The number of rotatable bonds is 4. The summed E-state index contributed by atoms with van der Waals surface area (Å²) in [5, 5.41) is 11.6. The van der Waals surface area contributed by atoms with E-state index in [2.05, 4.69) is 29.6 Å². The second kappa shape index (κ2) is 6.96. The van der Waals surface area contributed by atoms with Crippen molar-refractivity contribution in [1.82, 2.24) is 0 Å². The topological polar surface area (TPSA) is 75.6 Å². The van der Waals surface area contributed by atoms with Gasteiger partial charge in [0.2, 0.25) is 0 Å². The van der Waals surface area contributed by atoms with Gasteiger partial charge in [0.1, 0.15) is 6.61 Å². The average molecular weight is 359 g/mol. The highest BCUT2D eigenvalue weighted by atomic mass is 16.5. The number of benzene rings is 3. The number of anilines is 1. The zero-order valence-corrected chi connectivity index (χ0v) is 14.4. The van der Waals surface area contributed by atoms with E-state index in [0.29, 0.717) is 5.69 Å². The van der Waals surface area contributed by atoms with Crippen LogP contribution < -0.4 is 5.32 Å². The van der Waals surface area contributed by atoms with Crippen molar-refractivity contribution in [3.8, 4) is 11.1 Å². The van der Waals surface area contributed by atoms with Crippen LogP contribution in [0.4, 0.5) is 10.5 Å². The van der Waals surface area contributed by atoms with Crippen molar-refractivity contribution in [2.75, 3.05) is 11.9 Å². The summed E-state index contributed by atoms with van der Waals surface area (Å²) in [4.78, 5) is 23.2. The molecule has 0 bridgehead atoms. The number of aromatic carboxylic acids is 1. The number of fused-ring (bicyclic) bond motifs is 3. The lowest BCUT2D eigenvalue weighted by Crippen LogP contribution is -2.18. The number of amides is 1. The van der Waals surface area contributed by atoms with Gasteiger partial charge >= 0.3 is 12.1 Å². The first-order valence-corrected chi connectivity index (χ1v) is 8.59. The summed E-state index contributed by atoms with van der Waals surface area (Å²) in [7, 11) is 0. The second-order valence-corrected chi connectivity index (χ2v) is 6.34. The van der Waals surface area contributed by atoms with Gasteiger partial charge in [-0.1, -0.05) is 54.6 Å². The fourth-order valence-electron chi connectivity index (χ4n) is 3.48. The molecule has 5 nitrogen and oxygen atoms in total. The lowest BCUT2D eigenvalue weighted by atomic mass is 9.98. The van der Waals surface area contributed by atoms with E-state index in [-0.39, 0.29) is 18.1 Å². The van der Waals surface area contributed by atoms with Crippen LogP contribution in [0.2, 0.25) is 0 Å². The number of nitrogens with one attached hydrogen (secondary N) is 1. The van der Waals surface area contributed by atoms with Crippen LogP contribution in [0, 0.1) is 0 Å². The predicted octanol–water partition coefficient (Wildman–Crippen LogP) is 4.75. The molecule has 27 heavy (non-hydrogen) atoms. The molecule has 0 heterocycles. The van der Waals surface area contributed by atoms with Gasteiger partial charge in [-0.25, -0.2) is 9.59 Å². The van der Waals surface area contributed by atoms with Crippen LogP contribution in [0.5, 0.6) is 0 Å². The number of hydrogen-bond acceptors (Lipinski definition) is 3. The third-order valence-corrected chi connectivity index (χ3v) is 4.70. The Labute approximate surface area is 156 Å². The third kappa shape index (κ3) is 3.27. The molecule has 1 aliphatic carbocycles. The van der Waals surface area contributed by atoms with Crippen molar-refractivity contribution >= 4 is 17.7 Å². The van der Waals surface area contributed by atoms with Crippen molar-refractivity contribution in [3.05, 3.63) is 89.5 Å². The minimum atomic E-state index is -1.05. The highest BCUT2D eigenvalue weighted by Crippen LogP contribution is 2.44. The Morgan fingerprint density at radius 2 is 1.52 bits per heavy atom. The maximum Gasteiger partial charge on any atom is 0.411 e. The highest BCUT2D eigenvalue weighted by Gasteiger charge is 2.28. The van der Waals surface area contributed by atoms with Gasteiger partial charge in [0.05, 0.1) is 5.56 Å². The van der Waals surface area contributed by atoms with Crippen molar-refractivity contribution in [3.63, 3.8) is 0 Å². The van der Waals surface area contributed by atoms with E-state index in [1.807, 2.05) is 24.3 Å². The average Bonchev–Trinajstić information content (AvgIpc) is 3.00. The Morgan fingerprint density at radius 1 is 0.889 bits per heavy atom. The monoisotopic (exact) mass is 359 g/mol. The minimum absolute atomic E-state index is 0.0199. The molecule has 0 radical (unpaired) electrons. The summed E-state index contributed by atoms with van der Waals surface area (Å²) in [5.41, 5.74) is 5.09. The molecule has 1 aliphatic rings. The number of carbonyl (C=O) groups excluding carboxylic acids is 1. The molecule has 0 saturated heterocycles. The van der Waals surface area contributed by atoms with E-state index in [0.717, 1.165) is 22.3 Å². The lowest BCUT2D eigenvalue weighted by Gasteiger charge is -2.14. The van der Waals surface area contributed by atoms with Gasteiger partial charge in [0.25, 0.3) is 0 Å². The Morgan fingerprint density at radius 3 is 2.15 bits per heavy atom. The van der Waals surface area contributed by atoms with Crippen LogP contribution in [-0.4, -0.2) is 23.8 Å². The molecule has 0 atom stereocenters. The van der Waals surface area contributed by atoms with Crippen molar-refractivity contribution in [2.24, 2.45) is 0 Å². The molecule has 3 aromatic rings. The molecule has 4 rings (SSSR count). The Hall–Kier alpha value is -3.60. The van der Waals surface area contributed by atoms with E-state index in [9.17, 15) is 9.59 Å². The number of carbonyl (C=O) groups is 2. The van der Waals surface area contributed by atoms with E-state index in [1.165, 1.54) is 12.1 Å². The summed E-state index contributed by atoms with van der Waals surface area (Å²) in [6.07, 6.45) is -0.612. The smallest absolute Gasteiger partial charge is 0.411 e. The fraction of sp³-hybridized carbons (Fsp3) is 0.0909. The van der Waals surface area contributed by atoms with Crippen LogP contribution in [0.1, 0.15) is 27.4 Å². The minimum Gasteiger partial charge on any atom is -0.478 e. The van der Waals surface area contributed by atoms with Crippen LogP contribution in [0.25, 0.3) is 11.1 Å². The highest BCUT2D eigenvalue weighted by molar-refractivity contribution is 5.91. The number of carboxylic acids is 1. The van der Waals surface area contributed by atoms with Crippen LogP contribution >= 0.6 is 0 Å². The van der Waals surface area contributed by atoms with Gasteiger partial charge in [-0.3, -0.25) is 5.32 Å². The SMILES string of the molecule is O=C(Nc1cccc(C(=O)O)c1)OCC1c2ccccc2-c2ccccc21. The zero-order valence-electron chi connectivity index (χ0n) is 14.4. The quantitative estimate of drug-likeness (QED) is 0.705. The molecular weight excluding hydrogens is 342 g/mol. The third-order valence-electron chi connectivity index (χ3n) is 4.70. The summed E-state index contributed by atoms with van der Waals surface area (Å²) >= 11 is 0. The molecule has 3 aromatic carbocycles. The van der Waals surface area contributed by atoms with E-state index in [1.54, 1.807) is 12.1 Å². The summed E-state index contributed by atoms with van der Waals surface area (Å²) in [5.74, 6) is -1.07. The van der Waals surface area contributed by atoms with E-state index in [4.69, 9.17) is 9.84 Å².